The fourth-order valence-corrected chi connectivity index (χ4v) is 4.12. The molecule has 0 radical (unpaired) electrons. The second-order valence-corrected chi connectivity index (χ2v) is 8.55. The number of carbonyl (C=O) groups is 1. The van der Waals surface area contributed by atoms with Gasteiger partial charge in [-0.2, -0.15) is 0 Å². The van der Waals surface area contributed by atoms with E-state index in [1.807, 2.05) is 54.7 Å². The average molecular weight is 511 g/mol. The smallest absolute Gasteiger partial charge is 0.338 e. The number of nitrogens with zero attached hydrogens (tertiary/aromatic N) is 2. The van der Waals surface area contributed by atoms with Crippen LogP contribution in [-0.4, -0.2) is 48.0 Å². The number of para-hydroxylation sites is 2. The molecule has 1 N–H and O–H groups in total. The van der Waals surface area contributed by atoms with Crippen LogP contribution < -0.4 is 4.74 Å². The van der Waals surface area contributed by atoms with E-state index in [4.69, 9.17) is 14.2 Å². The van der Waals surface area contributed by atoms with Gasteiger partial charge in [-0.1, -0.05) is 49.1 Å². The van der Waals surface area contributed by atoms with Gasteiger partial charge in [0, 0.05) is 48.6 Å². The molecule has 0 aliphatic rings. The van der Waals surface area contributed by atoms with Crippen molar-refractivity contribution in [2.45, 2.75) is 12.5 Å². The lowest BCUT2D eigenvalue weighted by Gasteiger charge is -2.21. The number of rotatable bonds is 12. The molecule has 0 aliphatic carbocycles. The second kappa shape index (κ2) is 13.3. The first-order valence-electron chi connectivity index (χ1n) is 12.3. The van der Waals surface area contributed by atoms with Gasteiger partial charge in [0.05, 0.1) is 24.3 Å². The molecule has 7 nitrogen and oxygen atoms in total. The Kier molecular flexibility index (Phi) is 9.34. The minimum Gasteiger partial charge on any atom is -0.491 e. The van der Waals surface area contributed by atoms with Gasteiger partial charge in [-0.05, 0) is 41.5 Å². The first kappa shape index (κ1) is 26.7. The molecule has 2 heterocycles. The Labute approximate surface area is 222 Å². The van der Waals surface area contributed by atoms with E-state index < -0.39 is 12.1 Å². The zero-order valence-corrected chi connectivity index (χ0v) is 21.2. The third-order valence-corrected chi connectivity index (χ3v) is 5.92. The Hall–Kier alpha value is -4.33. The minimum absolute atomic E-state index is 0.122. The molecule has 0 unspecified atom stereocenters. The Morgan fingerprint density at radius 2 is 1.82 bits per heavy atom. The number of fused-ring (bicyclic) bond motifs is 1. The van der Waals surface area contributed by atoms with Gasteiger partial charge in [0.2, 0.25) is 0 Å². The summed E-state index contributed by atoms with van der Waals surface area (Å²) in [6, 6.07) is 20.5. The molecule has 0 aliphatic heterocycles. The lowest BCUT2D eigenvalue weighted by Crippen LogP contribution is -2.14. The summed E-state index contributed by atoms with van der Waals surface area (Å²) in [6.45, 7) is 4.55. The first-order chi connectivity index (χ1) is 18.6. The largest absolute Gasteiger partial charge is 0.491 e. The van der Waals surface area contributed by atoms with Gasteiger partial charge in [0.1, 0.15) is 18.5 Å². The van der Waals surface area contributed by atoms with Crippen molar-refractivity contribution in [3.63, 3.8) is 0 Å². The fraction of sp³-hybridized carbons (Fsp3) is 0.194. The fourth-order valence-electron chi connectivity index (χ4n) is 4.12. The third-order valence-electron chi connectivity index (χ3n) is 5.92. The molecule has 2 aromatic carbocycles. The molecule has 0 saturated heterocycles. The number of esters is 1. The Morgan fingerprint density at radius 3 is 2.61 bits per heavy atom. The monoisotopic (exact) mass is 510 g/mol. The average Bonchev–Trinajstić information content (AvgIpc) is 2.96. The molecule has 38 heavy (non-hydrogen) atoms. The highest BCUT2D eigenvalue weighted by Crippen LogP contribution is 2.34. The Balaban J connectivity index is 1.72. The van der Waals surface area contributed by atoms with E-state index in [0.717, 1.165) is 27.6 Å². The van der Waals surface area contributed by atoms with Crippen molar-refractivity contribution < 1.29 is 24.1 Å². The summed E-state index contributed by atoms with van der Waals surface area (Å²) in [6.07, 6.45) is 6.55. The quantitative estimate of drug-likeness (QED) is 0.197. The zero-order chi connectivity index (χ0) is 26.7. The Morgan fingerprint density at radius 1 is 1.05 bits per heavy atom. The number of hydrogen-bond acceptors (Lipinski definition) is 7. The summed E-state index contributed by atoms with van der Waals surface area (Å²) < 4.78 is 17.1. The van der Waals surface area contributed by atoms with Gasteiger partial charge in [0.25, 0.3) is 0 Å². The molecule has 1 atom stereocenters. The maximum Gasteiger partial charge on any atom is 0.338 e. The number of aliphatic hydroxyl groups excluding tert-OH is 1. The van der Waals surface area contributed by atoms with Gasteiger partial charge in [0.15, 0.2) is 0 Å². The molecule has 0 amide bonds. The van der Waals surface area contributed by atoms with E-state index >= 15 is 0 Å². The van der Waals surface area contributed by atoms with E-state index in [1.165, 1.54) is 0 Å². The molecule has 0 saturated carbocycles. The molecule has 0 bridgehead atoms. The highest BCUT2D eigenvalue weighted by Gasteiger charge is 2.22. The number of ether oxygens (including phenoxy) is 3. The number of pyridine rings is 2. The van der Waals surface area contributed by atoms with Crippen molar-refractivity contribution in [1.82, 2.24) is 9.97 Å². The standard InChI is InChI=1S/C31H30N2O5/c1-22(21-36-2)26(25-19-24-7-3-5-9-28(24)33-20-25)11-12-30(38-31(35)23-13-15-32-16-14-23)27-8-4-6-10-29(27)37-18-17-34/h3-11,13-16,19-20,30,34H,1,12,17-18,21H2,2H3/b26-11-/t30-/m1/s1. The maximum atomic E-state index is 13.1. The van der Waals surface area contributed by atoms with Crippen molar-refractivity contribution in [1.29, 1.82) is 0 Å². The van der Waals surface area contributed by atoms with Gasteiger partial charge >= 0.3 is 5.97 Å². The summed E-state index contributed by atoms with van der Waals surface area (Å²) in [4.78, 5) is 21.6. The summed E-state index contributed by atoms with van der Waals surface area (Å²) in [7, 11) is 1.62. The van der Waals surface area contributed by atoms with E-state index in [9.17, 15) is 9.90 Å². The van der Waals surface area contributed by atoms with E-state index in [-0.39, 0.29) is 13.2 Å². The molecule has 0 fully saturated rings. The van der Waals surface area contributed by atoms with Crippen LogP contribution in [-0.2, 0) is 9.47 Å². The van der Waals surface area contributed by atoms with Crippen LogP contribution in [0.1, 0.15) is 34.0 Å². The molecular formula is C31H30N2O5. The van der Waals surface area contributed by atoms with E-state index in [2.05, 4.69) is 22.6 Å². The van der Waals surface area contributed by atoms with Crippen molar-refractivity contribution in [3.8, 4) is 5.75 Å². The van der Waals surface area contributed by atoms with E-state index in [1.54, 1.807) is 37.7 Å². The van der Waals surface area contributed by atoms with Gasteiger partial charge in [-0.15, -0.1) is 0 Å². The summed E-state index contributed by atoms with van der Waals surface area (Å²) in [5, 5.41) is 10.3. The van der Waals surface area contributed by atoms with Crippen LogP contribution in [0.3, 0.4) is 0 Å². The maximum absolute atomic E-state index is 13.1. The van der Waals surface area contributed by atoms with Crippen LogP contribution in [0.5, 0.6) is 5.75 Å². The van der Waals surface area contributed by atoms with Gasteiger partial charge in [-0.25, -0.2) is 4.79 Å². The summed E-state index contributed by atoms with van der Waals surface area (Å²) in [5.41, 5.74) is 4.48. The molecule has 4 aromatic rings. The van der Waals surface area contributed by atoms with Crippen LogP contribution in [0, 0.1) is 0 Å². The van der Waals surface area contributed by atoms with Crippen molar-refractivity contribution in [2.75, 3.05) is 26.9 Å². The minimum atomic E-state index is -0.677. The van der Waals surface area contributed by atoms with Crippen LogP contribution in [0.15, 0.2) is 104 Å². The van der Waals surface area contributed by atoms with Crippen LogP contribution >= 0.6 is 0 Å². The lowest BCUT2D eigenvalue weighted by molar-refractivity contribution is 0.0296. The normalized spacial score (nSPS) is 12.2. The molecular weight excluding hydrogens is 480 g/mol. The summed E-state index contributed by atoms with van der Waals surface area (Å²) in [5.74, 6) is 0.0551. The molecule has 194 valence electrons. The highest BCUT2D eigenvalue weighted by atomic mass is 16.5. The molecule has 4 rings (SSSR count). The lowest BCUT2D eigenvalue weighted by atomic mass is 9.96. The molecule has 7 heteroatoms. The number of methoxy groups -OCH3 is 1. The predicted octanol–water partition coefficient (Wildman–Crippen LogP) is 5.58. The topological polar surface area (TPSA) is 90.8 Å². The number of benzene rings is 2. The van der Waals surface area contributed by atoms with Crippen molar-refractivity contribution in [2.24, 2.45) is 0 Å². The molecule has 0 spiro atoms. The van der Waals surface area contributed by atoms with E-state index in [0.29, 0.717) is 29.9 Å². The predicted molar refractivity (Wildman–Crippen MR) is 147 cm³/mol. The van der Waals surface area contributed by atoms with Gasteiger partial charge in [-0.3, -0.25) is 9.97 Å². The second-order valence-electron chi connectivity index (χ2n) is 8.55. The third kappa shape index (κ3) is 6.70. The Bertz CT molecular complexity index is 1420. The molecule has 2 aromatic heterocycles. The zero-order valence-electron chi connectivity index (χ0n) is 21.2. The number of aliphatic hydroxyl groups is 1. The van der Waals surface area contributed by atoms with Crippen LogP contribution in [0.4, 0.5) is 0 Å². The summed E-state index contributed by atoms with van der Waals surface area (Å²) >= 11 is 0. The number of carbonyl (C=O) groups excluding carboxylic acids is 1. The number of aromatic nitrogens is 2. The SMILES string of the molecule is C=C(COC)/C(=C/C[C@@H](OC(=O)c1ccncc1)c1ccccc1OCCO)c1cnc2ccccc2c1. The van der Waals surface area contributed by atoms with Gasteiger partial charge < -0.3 is 19.3 Å². The first-order valence-corrected chi connectivity index (χ1v) is 12.3. The van der Waals surface area contributed by atoms with Crippen molar-refractivity contribution >= 4 is 22.4 Å². The van der Waals surface area contributed by atoms with Crippen molar-refractivity contribution in [3.05, 3.63) is 120 Å². The van der Waals surface area contributed by atoms with Crippen LogP contribution in [0.2, 0.25) is 0 Å². The van der Waals surface area contributed by atoms with Crippen LogP contribution in [0.25, 0.3) is 16.5 Å². The number of hydrogen-bond donors (Lipinski definition) is 1. The highest BCUT2D eigenvalue weighted by molar-refractivity contribution is 5.89.